The summed E-state index contributed by atoms with van der Waals surface area (Å²) >= 11 is 0. The molecule has 2 heterocycles. The zero-order valence-corrected chi connectivity index (χ0v) is 23.9. The van der Waals surface area contributed by atoms with Gasteiger partial charge in [0.2, 0.25) is 0 Å². The molecule has 0 amide bonds. The standard InChI is InChI=1S/C40H26BNO2/c1-4-13-27(14-5-1)28-23-24-33-37(25-28)43-35-21-12-22-36-40(35)41(33)39-32-20-11-10-19-31(32)34(26-38(39)44-36)42(29-15-6-2-7-16-29)30-17-8-3-9-18-30/h1-26H. The molecular formula is C40H26BNO2. The SMILES string of the molecule is c1ccc(-c2ccc3c(c2)Oc2cccc4c2B3c2c(cc(N(c3ccccc3)c3ccccc3)c3ccccc23)O4)cc1. The Morgan fingerprint density at radius 1 is 0.409 bits per heavy atom. The maximum Gasteiger partial charge on any atom is 0.261 e. The van der Waals surface area contributed by atoms with Gasteiger partial charge in [0.15, 0.2) is 0 Å². The fourth-order valence-electron chi connectivity index (χ4n) is 6.85. The molecule has 0 radical (unpaired) electrons. The Hall–Kier alpha value is -5.74. The second-order valence-corrected chi connectivity index (χ2v) is 11.3. The highest BCUT2D eigenvalue weighted by atomic mass is 16.5. The number of fused-ring (bicyclic) bond motifs is 6. The van der Waals surface area contributed by atoms with Gasteiger partial charge in [-0.2, -0.15) is 0 Å². The van der Waals surface area contributed by atoms with E-state index in [4.69, 9.17) is 9.47 Å². The van der Waals surface area contributed by atoms with Crippen molar-refractivity contribution in [2.75, 3.05) is 4.90 Å². The predicted molar refractivity (Wildman–Crippen MR) is 182 cm³/mol. The molecule has 0 spiro atoms. The molecule has 7 aromatic rings. The monoisotopic (exact) mass is 563 g/mol. The quantitative estimate of drug-likeness (QED) is 0.200. The van der Waals surface area contributed by atoms with E-state index in [9.17, 15) is 0 Å². The molecule has 0 aliphatic carbocycles. The van der Waals surface area contributed by atoms with Crippen molar-refractivity contribution in [1.82, 2.24) is 0 Å². The van der Waals surface area contributed by atoms with E-state index in [1.54, 1.807) is 0 Å². The minimum Gasteiger partial charge on any atom is -0.458 e. The summed E-state index contributed by atoms with van der Waals surface area (Å²) in [6.07, 6.45) is 0. The van der Waals surface area contributed by atoms with Gasteiger partial charge in [-0.25, -0.2) is 0 Å². The molecule has 9 rings (SSSR count). The van der Waals surface area contributed by atoms with Crippen molar-refractivity contribution in [2.24, 2.45) is 0 Å². The number of hydrogen-bond acceptors (Lipinski definition) is 3. The van der Waals surface area contributed by atoms with Gasteiger partial charge in [0.25, 0.3) is 6.71 Å². The van der Waals surface area contributed by atoms with E-state index in [0.29, 0.717) is 0 Å². The zero-order chi connectivity index (χ0) is 29.0. The lowest BCUT2D eigenvalue weighted by Crippen LogP contribution is -2.57. The van der Waals surface area contributed by atoms with Crippen LogP contribution in [-0.4, -0.2) is 6.71 Å². The minimum atomic E-state index is -0.0284. The third kappa shape index (κ3) is 3.85. The first kappa shape index (κ1) is 24.8. The molecule has 0 unspecified atom stereocenters. The summed E-state index contributed by atoms with van der Waals surface area (Å²) in [6.45, 7) is -0.0284. The molecule has 0 atom stereocenters. The molecule has 4 heteroatoms. The highest BCUT2D eigenvalue weighted by Crippen LogP contribution is 2.44. The van der Waals surface area contributed by atoms with E-state index in [-0.39, 0.29) is 6.71 Å². The molecule has 44 heavy (non-hydrogen) atoms. The average Bonchev–Trinajstić information content (AvgIpc) is 3.09. The summed E-state index contributed by atoms with van der Waals surface area (Å²) in [5.74, 6) is 3.44. The lowest BCUT2D eigenvalue weighted by atomic mass is 9.34. The largest absolute Gasteiger partial charge is 0.458 e. The summed E-state index contributed by atoms with van der Waals surface area (Å²) in [5, 5.41) is 2.33. The van der Waals surface area contributed by atoms with Crippen LogP contribution in [0.4, 0.5) is 17.1 Å². The van der Waals surface area contributed by atoms with Crippen molar-refractivity contribution >= 4 is 50.9 Å². The van der Waals surface area contributed by atoms with Crippen LogP contribution in [0.3, 0.4) is 0 Å². The van der Waals surface area contributed by atoms with Crippen molar-refractivity contribution in [3.63, 3.8) is 0 Å². The number of anilines is 3. The van der Waals surface area contributed by atoms with Crippen LogP contribution in [0.15, 0.2) is 158 Å². The summed E-state index contributed by atoms with van der Waals surface area (Å²) < 4.78 is 13.4. The van der Waals surface area contributed by atoms with Gasteiger partial charge in [0, 0.05) is 28.3 Å². The van der Waals surface area contributed by atoms with Gasteiger partial charge >= 0.3 is 0 Å². The Kier molecular flexibility index (Phi) is 5.60. The maximum absolute atomic E-state index is 6.80. The van der Waals surface area contributed by atoms with Crippen LogP contribution in [0.25, 0.3) is 21.9 Å². The van der Waals surface area contributed by atoms with Gasteiger partial charge in [-0.15, -0.1) is 0 Å². The maximum atomic E-state index is 6.80. The van der Waals surface area contributed by atoms with Gasteiger partial charge < -0.3 is 14.4 Å². The smallest absolute Gasteiger partial charge is 0.261 e. The van der Waals surface area contributed by atoms with Gasteiger partial charge in [0.05, 0.1) is 5.69 Å². The Balaban J connectivity index is 1.30. The van der Waals surface area contributed by atoms with Crippen LogP contribution in [0, 0.1) is 0 Å². The predicted octanol–water partition coefficient (Wildman–Crippen LogP) is 8.70. The first-order valence-electron chi connectivity index (χ1n) is 15.0. The normalized spacial score (nSPS) is 12.4. The first-order chi connectivity index (χ1) is 21.8. The molecule has 3 nitrogen and oxygen atoms in total. The molecule has 0 bridgehead atoms. The van der Waals surface area contributed by atoms with Crippen LogP contribution in [-0.2, 0) is 0 Å². The lowest BCUT2D eigenvalue weighted by Gasteiger charge is -2.35. The van der Waals surface area contributed by atoms with Gasteiger partial charge in [-0.05, 0) is 69.9 Å². The first-order valence-corrected chi connectivity index (χ1v) is 15.0. The number of para-hydroxylation sites is 2. The van der Waals surface area contributed by atoms with Gasteiger partial charge in [-0.3, -0.25) is 0 Å². The highest BCUT2D eigenvalue weighted by Gasteiger charge is 2.41. The molecule has 206 valence electrons. The topological polar surface area (TPSA) is 21.7 Å². The number of benzene rings is 7. The van der Waals surface area contributed by atoms with Gasteiger partial charge in [0.1, 0.15) is 23.0 Å². The van der Waals surface area contributed by atoms with E-state index < -0.39 is 0 Å². The molecule has 0 aromatic heterocycles. The van der Waals surface area contributed by atoms with Crippen LogP contribution in [0.1, 0.15) is 0 Å². The number of nitrogens with zero attached hydrogens (tertiary/aromatic N) is 1. The summed E-state index contributed by atoms with van der Waals surface area (Å²) in [6, 6.07) is 55.2. The fourth-order valence-corrected chi connectivity index (χ4v) is 6.85. The van der Waals surface area contributed by atoms with Crippen LogP contribution < -0.4 is 30.8 Å². The fraction of sp³-hybridized carbons (Fsp3) is 0. The van der Waals surface area contributed by atoms with E-state index in [1.165, 1.54) is 16.4 Å². The lowest BCUT2D eigenvalue weighted by molar-refractivity contribution is 0.465. The average molecular weight is 563 g/mol. The summed E-state index contributed by atoms with van der Waals surface area (Å²) in [5.41, 5.74) is 8.96. The highest BCUT2D eigenvalue weighted by molar-refractivity contribution is 6.99. The summed E-state index contributed by atoms with van der Waals surface area (Å²) in [7, 11) is 0. The molecule has 2 aliphatic heterocycles. The van der Waals surface area contributed by atoms with Crippen molar-refractivity contribution in [3.05, 3.63) is 158 Å². The number of hydrogen-bond donors (Lipinski definition) is 0. The van der Waals surface area contributed by atoms with E-state index in [0.717, 1.165) is 61.9 Å². The molecule has 0 N–H and O–H groups in total. The van der Waals surface area contributed by atoms with E-state index in [2.05, 4.69) is 150 Å². The minimum absolute atomic E-state index is 0.0284. The molecular weight excluding hydrogens is 537 g/mol. The second-order valence-electron chi connectivity index (χ2n) is 11.3. The Morgan fingerprint density at radius 3 is 1.68 bits per heavy atom. The second kappa shape index (κ2) is 9.93. The van der Waals surface area contributed by atoms with Crippen molar-refractivity contribution in [2.45, 2.75) is 0 Å². The van der Waals surface area contributed by atoms with Gasteiger partial charge in [-0.1, -0.05) is 109 Å². The Bertz CT molecular complexity index is 2140. The van der Waals surface area contributed by atoms with Crippen molar-refractivity contribution in [3.8, 4) is 34.1 Å². The Morgan fingerprint density at radius 2 is 1.00 bits per heavy atom. The van der Waals surface area contributed by atoms with Crippen molar-refractivity contribution < 1.29 is 9.47 Å². The van der Waals surface area contributed by atoms with E-state index >= 15 is 0 Å². The number of rotatable bonds is 4. The third-order valence-corrected chi connectivity index (χ3v) is 8.77. The molecule has 0 saturated heterocycles. The number of ether oxygens (including phenoxy) is 2. The molecule has 0 saturated carbocycles. The van der Waals surface area contributed by atoms with Crippen LogP contribution in [0.2, 0.25) is 0 Å². The van der Waals surface area contributed by atoms with Crippen LogP contribution >= 0.6 is 0 Å². The molecule has 2 aliphatic rings. The molecule has 7 aromatic carbocycles. The third-order valence-electron chi connectivity index (χ3n) is 8.77. The van der Waals surface area contributed by atoms with Crippen LogP contribution in [0.5, 0.6) is 23.0 Å². The van der Waals surface area contributed by atoms with Crippen molar-refractivity contribution in [1.29, 1.82) is 0 Å². The molecule has 0 fully saturated rings. The summed E-state index contributed by atoms with van der Waals surface area (Å²) in [4.78, 5) is 2.32. The zero-order valence-electron chi connectivity index (χ0n) is 23.9. The Labute approximate surface area is 256 Å². The van der Waals surface area contributed by atoms with E-state index in [1.807, 2.05) is 12.1 Å².